The van der Waals surface area contributed by atoms with Crippen molar-refractivity contribution in [3.63, 3.8) is 0 Å². The molecule has 10 heteroatoms. The summed E-state index contributed by atoms with van der Waals surface area (Å²) in [5, 5.41) is 9.87. The van der Waals surface area contributed by atoms with Crippen LogP contribution < -0.4 is 20.7 Å². The van der Waals surface area contributed by atoms with Crippen molar-refractivity contribution in [1.82, 2.24) is 25.1 Å². The molecule has 10 nitrogen and oxygen atoms in total. The molecule has 3 aromatic rings. The maximum Gasteiger partial charge on any atom is 0.297 e. The van der Waals surface area contributed by atoms with Crippen molar-refractivity contribution in [2.24, 2.45) is 5.92 Å². The number of para-hydroxylation sites is 3. The van der Waals surface area contributed by atoms with E-state index in [0.29, 0.717) is 25.3 Å². The zero-order chi connectivity index (χ0) is 33.5. The van der Waals surface area contributed by atoms with Crippen LogP contribution in [0.25, 0.3) is 11.0 Å². The second kappa shape index (κ2) is 12.9. The predicted molar refractivity (Wildman–Crippen MR) is 185 cm³/mol. The predicted octanol–water partition coefficient (Wildman–Crippen LogP) is 5.51. The summed E-state index contributed by atoms with van der Waals surface area (Å²) in [5.74, 6) is -0.656. The van der Waals surface area contributed by atoms with Gasteiger partial charge in [-0.1, -0.05) is 55.3 Å². The van der Waals surface area contributed by atoms with Gasteiger partial charge in [0, 0.05) is 29.6 Å². The number of imidazole rings is 1. The lowest BCUT2D eigenvalue weighted by Crippen LogP contribution is -2.58. The van der Waals surface area contributed by atoms with Crippen LogP contribution in [0, 0.1) is 5.92 Å². The highest BCUT2D eigenvalue weighted by Crippen LogP contribution is 2.47. The molecule has 2 aromatic carbocycles. The van der Waals surface area contributed by atoms with E-state index in [-0.39, 0.29) is 41.8 Å². The molecule has 254 valence electrons. The molecular weight excluding hydrogens is 604 g/mol. The molecule has 0 unspecified atom stereocenters. The van der Waals surface area contributed by atoms with Gasteiger partial charge < -0.3 is 25.6 Å². The highest BCUT2D eigenvalue weighted by molar-refractivity contribution is 5.98. The number of benzene rings is 2. The Labute approximate surface area is 282 Å². The van der Waals surface area contributed by atoms with Gasteiger partial charge in [0.05, 0.1) is 17.6 Å². The van der Waals surface area contributed by atoms with E-state index in [1.54, 1.807) is 4.90 Å². The van der Waals surface area contributed by atoms with Gasteiger partial charge in [0.25, 0.3) is 6.01 Å². The van der Waals surface area contributed by atoms with E-state index in [0.717, 1.165) is 55.2 Å². The van der Waals surface area contributed by atoms with Crippen LogP contribution in [0.15, 0.2) is 66.7 Å². The van der Waals surface area contributed by atoms with Crippen LogP contribution in [0.3, 0.4) is 0 Å². The van der Waals surface area contributed by atoms with Crippen molar-refractivity contribution in [2.75, 3.05) is 11.9 Å². The molecule has 2 aliphatic heterocycles. The lowest BCUT2D eigenvalue weighted by atomic mass is 10.0. The van der Waals surface area contributed by atoms with E-state index < -0.39 is 23.7 Å². The molecule has 4 aliphatic rings. The molecule has 7 rings (SSSR count). The minimum atomic E-state index is -1.01. The van der Waals surface area contributed by atoms with E-state index in [1.165, 1.54) is 0 Å². The standard InChI is InChI=1S/C38H48N6O4/c1-25(2)44-31-19-13-12-17-29(31)40-36(44)48-28-22-32-33(45)41-38(35(47)42-37(3)20-21-37)23-26(38)14-8-5-4-6-11-18-30(34(46)43(32)24-28)39-27-15-9-7-10-16-27/h7-10,12-17,19,25-26,28,30,32,39H,4-6,11,18,20-24H2,1-3H3,(H,41,45)(H,42,47)/b14-8-/t26-,28-,30+,32+,38-/m1/s1. The Bertz CT molecular complexity index is 1700. The molecule has 1 aromatic heterocycles. The van der Waals surface area contributed by atoms with Crippen molar-refractivity contribution in [2.45, 2.75) is 114 Å². The first-order valence-corrected chi connectivity index (χ1v) is 17.7. The summed E-state index contributed by atoms with van der Waals surface area (Å²) in [6, 6.07) is 16.9. The molecule has 2 aliphatic carbocycles. The first kappa shape index (κ1) is 32.2. The highest BCUT2D eigenvalue weighted by atomic mass is 16.5. The third kappa shape index (κ3) is 6.54. The largest absolute Gasteiger partial charge is 0.459 e. The Morgan fingerprint density at radius 2 is 1.81 bits per heavy atom. The highest BCUT2D eigenvalue weighted by Gasteiger charge is 2.62. The molecule has 2 saturated carbocycles. The quantitative estimate of drug-likeness (QED) is 0.290. The zero-order valence-corrected chi connectivity index (χ0v) is 28.3. The fourth-order valence-corrected chi connectivity index (χ4v) is 7.35. The summed E-state index contributed by atoms with van der Waals surface area (Å²) in [7, 11) is 0. The van der Waals surface area contributed by atoms with Crippen LogP contribution >= 0.6 is 0 Å². The molecule has 3 N–H and O–H groups in total. The van der Waals surface area contributed by atoms with Crippen LogP contribution in [0.4, 0.5) is 5.69 Å². The normalized spacial score (nSPS) is 29.2. The number of anilines is 1. The molecule has 3 heterocycles. The summed E-state index contributed by atoms with van der Waals surface area (Å²) in [6.07, 6.45) is 10.9. The van der Waals surface area contributed by atoms with Gasteiger partial charge in [-0.05, 0) is 83.6 Å². The maximum atomic E-state index is 14.5. The number of ether oxygens (including phenoxy) is 1. The first-order valence-electron chi connectivity index (χ1n) is 17.7. The van der Waals surface area contributed by atoms with Crippen molar-refractivity contribution in [1.29, 1.82) is 0 Å². The topological polar surface area (TPSA) is 118 Å². The second-order valence-electron chi connectivity index (χ2n) is 14.7. The summed E-state index contributed by atoms with van der Waals surface area (Å²) >= 11 is 0. The second-order valence-corrected chi connectivity index (χ2v) is 14.7. The lowest BCUT2D eigenvalue weighted by molar-refractivity contribution is -0.140. The molecule has 0 radical (unpaired) electrons. The number of amides is 3. The number of fused-ring (bicyclic) bond motifs is 3. The van der Waals surface area contributed by atoms with Crippen molar-refractivity contribution >= 4 is 34.4 Å². The van der Waals surface area contributed by atoms with Crippen LogP contribution in [-0.4, -0.2) is 68.0 Å². The minimum absolute atomic E-state index is 0.0787. The number of carbonyl (C=O) groups is 3. The Balaban J connectivity index is 1.20. The summed E-state index contributed by atoms with van der Waals surface area (Å²) < 4.78 is 8.66. The molecule has 3 amide bonds. The molecule has 0 spiro atoms. The minimum Gasteiger partial charge on any atom is -0.459 e. The zero-order valence-electron chi connectivity index (χ0n) is 28.3. The van der Waals surface area contributed by atoms with Gasteiger partial charge in [-0.2, -0.15) is 4.98 Å². The van der Waals surface area contributed by atoms with E-state index in [9.17, 15) is 14.4 Å². The number of allylic oxidation sites excluding steroid dienone is 1. The van der Waals surface area contributed by atoms with Crippen molar-refractivity contribution < 1.29 is 19.1 Å². The summed E-state index contributed by atoms with van der Waals surface area (Å²) in [5.41, 5.74) is 1.44. The number of carbonyl (C=O) groups excluding carboxylic acids is 3. The van der Waals surface area contributed by atoms with Crippen LogP contribution in [0.5, 0.6) is 6.01 Å². The molecular formula is C38H48N6O4. The van der Waals surface area contributed by atoms with E-state index in [4.69, 9.17) is 9.72 Å². The van der Waals surface area contributed by atoms with Crippen LogP contribution in [0.2, 0.25) is 0 Å². The van der Waals surface area contributed by atoms with Crippen molar-refractivity contribution in [3.05, 3.63) is 66.7 Å². The van der Waals surface area contributed by atoms with Crippen LogP contribution in [-0.2, 0) is 14.4 Å². The van der Waals surface area contributed by atoms with Gasteiger partial charge in [-0.15, -0.1) is 0 Å². The number of rotatable bonds is 7. The third-order valence-corrected chi connectivity index (χ3v) is 10.5. The van der Waals surface area contributed by atoms with E-state index in [1.807, 2.05) is 61.5 Å². The SMILES string of the molecule is CC(C)n1c(O[C@@H]2C[C@H]3C(=O)N[C@]4(C(=O)NC5(C)CC5)C[C@H]4/C=C\CCCCC[C@H](Nc4ccccc4)C(=O)N3C2)nc2ccccc21. The van der Waals surface area contributed by atoms with Crippen LogP contribution in [0.1, 0.15) is 84.6 Å². The molecule has 1 saturated heterocycles. The van der Waals surface area contributed by atoms with Gasteiger partial charge in [0.2, 0.25) is 17.7 Å². The maximum absolute atomic E-state index is 14.5. The average molecular weight is 653 g/mol. The number of hydrogen-bond acceptors (Lipinski definition) is 6. The average Bonchev–Trinajstić information content (AvgIpc) is 3.86. The van der Waals surface area contributed by atoms with Crippen molar-refractivity contribution in [3.8, 4) is 6.01 Å². The lowest BCUT2D eigenvalue weighted by Gasteiger charge is -2.30. The van der Waals surface area contributed by atoms with E-state index in [2.05, 4.69) is 46.5 Å². The summed E-state index contributed by atoms with van der Waals surface area (Å²) in [6.45, 7) is 6.46. The van der Waals surface area contributed by atoms with Gasteiger partial charge in [-0.3, -0.25) is 19.0 Å². The Morgan fingerprint density at radius 1 is 1.04 bits per heavy atom. The van der Waals surface area contributed by atoms with Gasteiger partial charge in [0.15, 0.2) is 0 Å². The van der Waals surface area contributed by atoms with Gasteiger partial charge >= 0.3 is 0 Å². The fourth-order valence-electron chi connectivity index (χ4n) is 7.35. The smallest absolute Gasteiger partial charge is 0.297 e. The molecule has 3 fully saturated rings. The van der Waals surface area contributed by atoms with E-state index >= 15 is 0 Å². The molecule has 5 atom stereocenters. The number of nitrogens with zero attached hydrogens (tertiary/aromatic N) is 3. The monoisotopic (exact) mass is 652 g/mol. The Kier molecular flexibility index (Phi) is 8.68. The van der Waals surface area contributed by atoms with Gasteiger partial charge in [0.1, 0.15) is 23.7 Å². The number of hydrogen-bond donors (Lipinski definition) is 3. The molecule has 48 heavy (non-hydrogen) atoms. The third-order valence-electron chi connectivity index (χ3n) is 10.5. The Hall–Kier alpha value is -4.34. The summed E-state index contributed by atoms with van der Waals surface area (Å²) in [4.78, 5) is 49.2. The first-order chi connectivity index (χ1) is 23.2. The fraction of sp³-hybridized carbons (Fsp3) is 0.526. The number of aromatic nitrogens is 2. The Morgan fingerprint density at radius 3 is 2.58 bits per heavy atom. The number of nitrogens with one attached hydrogen (secondary N) is 3. The molecule has 0 bridgehead atoms. The van der Waals surface area contributed by atoms with Gasteiger partial charge in [-0.25, -0.2) is 0 Å².